The summed E-state index contributed by atoms with van der Waals surface area (Å²) in [5, 5.41) is 2.79. The van der Waals surface area contributed by atoms with Crippen LogP contribution in [0.1, 0.15) is 19.8 Å². The second-order valence-corrected chi connectivity index (χ2v) is 4.81. The van der Waals surface area contributed by atoms with Gasteiger partial charge in [0, 0.05) is 19.1 Å². The van der Waals surface area contributed by atoms with E-state index in [0.717, 1.165) is 0 Å². The van der Waals surface area contributed by atoms with Crippen molar-refractivity contribution < 1.29 is 19.1 Å². The number of rotatable bonds is 3. The Morgan fingerprint density at radius 1 is 1.24 bits per heavy atom. The fraction of sp³-hybridized carbons (Fsp3) is 0.467. The van der Waals surface area contributed by atoms with Crippen molar-refractivity contribution in [1.82, 2.24) is 10.2 Å². The summed E-state index contributed by atoms with van der Waals surface area (Å²) in [7, 11) is 0. The molecule has 114 valence electrons. The maximum absolute atomic E-state index is 12.0. The van der Waals surface area contributed by atoms with E-state index in [4.69, 9.17) is 9.47 Å². The van der Waals surface area contributed by atoms with Gasteiger partial charge < -0.3 is 19.7 Å². The zero-order chi connectivity index (χ0) is 15.1. The molecule has 1 heterocycles. The Bertz CT molecular complexity index is 470. The molecule has 6 nitrogen and oxygen atoms in total. The van der Waals surface area contributed by atoms with Crippen molar-refractivity contribution in [2.24, 2.45) is 0 Å². The lowest BCUT2D eigenvalue weighted by Crippen LogP contribution is -2.47. The number of likely N-dealkylation sites (tertiary alicyclic amines) is 1. The van der Waals surface area contributed by atoms with E-state index in [2.05, 4.69) is 5.32 Å². The van der Waals surface area contributed by atoms with Gasteiger partial charge in [-0.2, -0.15) is 0 Å². The molecule has 0 atom stereocenters. The van der Waals surface area contributed by atoms with Gasteiger partial charge in [-0.05, 0) is 31.9 Å². The van der Waals surface area contributed by atoms with E-state index >= 15 is 0 Å². The molecule has 1 aromatic rings. The van der Waals surface area contributed by atoms with Crippen LogP contribution in [0.4, 0.5) is 9.59 Å². The average Bonchev–Trinajstić information content (AvgIpc) is 2.49. The second kappa shape index (κ2) is 7.52. The smallest absolute Gasteiger partial charge is 0.415 e. The number of carbonyl (C=O) groups is 2. The molecule has 1 aromatic carbocycles. The lowest BCUT2D eigenvalue weighted by Gasteiger charge is -2.31. The third kappa shape index (κ3) is 4.66. The quantitative estimate of drug-likeness (QED) is 0.929. The molecular formula is C15H20N2O4. The molecular weight excluding hydrogens is 272 g/mol. The summed E-state index contributed by atoms with van der Waals surface area (Å²) < 4.78 is 10.1. The minimum Gasteiger partial charge on any atom is -0.450 e. The number of nitrogens with zero attached hydrogens (tertiary/aromatic N) is 1. The van der Waals surface area contributed by atoms with Gasteiger partial charge in [0.25, 0.3) is 0 Å². The Morgan fingerprint density at radius 2 is 1.90 bits per heavy atom. The van der Waals surface area contributed by atoms with Crippen LogP contribution < -0.4 is 10.1 Å². The summed E-state index contributed by atoms with van der Waals surface area (Å²) in [6.45, 7) is 3.24. The second-order valence-electron chi connectivity index (χ2n) is 4.81. The molecule has 1 N–H and O–H groups in total. The van der Waals surface area contributed by atoms with Crippen LogP contribution in [0.2, 0.25) is 0 Å². The highest BCUT2D eigenvalue weighted by Gasteiger charge is 2.25. The van der Waals surface area contributed by atoms with Crippen molar-refractivity contribution in [2.75, 3.05) is 19.7 Å². The lowest BCUT2D eigenvalue weighted by atomic mass is 10.1. The average molecular weight is 292 g/mol. The van der Waals surface area contributed by atoms with Crippen molar-refractivity contribution in [1.29, 1.82) is 0 Å². The Hall–Kier alpha value is -2.24. The van der Waals surface area contributed by atoms with E-state index in [1.807, 2.05) is 18.2 Å². The minimum atomic E-state index is -0.400. The van der Waals surface area contributed by atoms with Crippen molar-refractivity contribution in [3.63, 3.8) is 0 Å². The van der Waals surface area contributed by atoms with Crippen LogP contribution in [0.25, 0.3) is 0 Å². The molecule has 2 rings (SSSR count). The third-order valence-corrected chi connectivity index (χ3v) is 3.30. The predicted molar refractivity (Wildman–Crippen MR) is 77.2 cm³/mol. The van der Waals surface area contributed by atoms with Crippen molar-refractivity contribution in [3.05, 3.63) is 30.3 Å². The molecule has 0 spiro atoms. The molecule has 1 aliphatic rings. The summed E-state index contributed by atoms with van der Waals surface area (Å²) in [4.78, 5) is 25.0. The summed E-state index contributed by atoms with van der Waals surface area (Å²) in [6, 6.07) is 9.03. The number of hydrogen-bond acceptors (Lipinski definition) is 4. The molecule has 6 heteroatoms. The number of ether oxygens (including phenoxy) is 2. The maximum Gasteiger partial charge on any atom is 0.415 e. The van der Waals surface area contributed by atoms with Crippen LogP contribution in [-0.4, -0.2) is 42.8 Å². The number of benzene rings is 1. The Labute approximate surface area is 124 Å². The maximum atomic E-state index is 12.0. The van der Waals surface area contributed by atoms with Gasteiger partial charge in [-0.25, -0.2) is 9.59 Å². The Kier molecular flexibility index (Phi) is 5.43. The number of carbonyl (C=O) groups excluding carboxylic acids is 2. The molecule has 0 saturated carbocycles. The molecule has 1 aliphatic heterocycles. The summed E-state index contributed by atoms with van der Waals surface area (Å²) >= 11 is 0. The number of alkyl carbamates (subject to hydrolysis) is 1. The van der Waals surface area contributed by atoms with Crippen molar-refractivity contribution >= 4 is 12.2 Å². The first kappa shape index (κ1) is 15.2. The summed E-state index contributed by atoms with van der Waals surface area (Å²) in [6.07, 6.45) is 0.643. The van der Waals surface area contributed by atoms with E-state index in [0.29, 0.717) is 38.3 Å². The SMILES string of the molecule is CCOC(=O)NC1CCN(C(=O)Oc2ccccc2)CC1. The monoisotopic (exact) mass is 292 g/mol. The van der Waals surface area contributed by atoms with Gasteiger partial charge >= 0.3 is 12.2 Å². The van der Waals surface area contributed by atoms with Gasteiger partial charge in [-0.1, -0.05) is 18.2 Å². The van der Waals surface area contributed by atoms with E-state index < -0.39 is 6.09 Å². The number of amides is 2. The zero-order valence-corrected chi connectivity index (χ0v) is 12.1. The molecule has 21 heavy (non-hydrogen) atoms. The third-order valence-electron chi connectivity index (χ3n) is 3.30. The van der Waals surface area contributed by atoms with Gasteiger partial charge in [-0.3, -0.25) is 0 Å². The van der Waals surface area contributed by atoms with Gasteiger partial charge in [-0.15, -0.1) is 0 Å². The molecule has 1 saturated heterocycles. The van der Waals surface area contributed by atoms with Gasteiger partial charge in [0.1, 0.15) is 5.75 Å². The first-order valence-corrected chi connectivity index (χ1v) is 7.14. The standard InChI is InChI=1S/C15H20N2O4/c1-2-20-14(18)16-12-8-10-17(11-9-12)15(19)21-13-6-4-3-5-7-13/h3-7,12H,2,8-11H2,1H3,(H,16,18). The van der Waals surface area contributed by atoms with Crippen LogP contribution >= 0.6 is 0 Å². The van der Waals surface area contributed by atoms with E-state index in [-0.39, 0.29) is 12.1 Å². The van der Waals surface area contributed by atoms with E-state index in [9.17, 15) is 9.59 Å². The number of hydrogen-bond donors (Lipinski definition) is 1. The van der Waals surface area contributed by atoms with Crippen LogP contribution in [0.5, 0.6) is 5.75 Å². The van der Waals surface area contributed by atoms with Crippen LogP contribution in [0, 0.1) is 0 Å². The van der Waals surface area contributed by atoms with Gasteiger partial charge in [0.15, 0.2) is 0 Å². The van der Waals surface area contributed by atoms with Crippen LogP contribution in [0.15, 0.2) is 30.3 Å². The fourth-order valence-corrected chi connectivity index (χ4v) is 2.20. The van der Waals surface area contributed by atoms with Gasteiger partial charge in [0.05, 0.1) is 6.61 Å². The minimum absolute atomic E-state index is 0.0461. The van der Waals surface area contributed by atoms with Gasteiger partial charge in [0.2, 0.25) is 0 Å². The number of nitrogens with one attached hydrogen (secondary N) is 1. The highest BCUT2D eigenvalue weighted by molar-refractivity contribution is 5.71. The van der Waals surface area contributed by atoms with Crippen molar-refractivity contribution in [2.45, 2.75) is 25.8 Å². The first-order chi connectivity index (χ1) is 10.2. The topological polar surface area (TPSA) is 67.9 Å². The first-order valence-electron chi connectivity index (χ1n) is 7.14. The number of para-hydroxylation sites is 1. The highest BCUT2D eigenvalue weighted by Crippen LogP contribution is 2.14. The fourth-order valence-electron chi connectivity index (χ4n) is 2.20. The molecule has 0 aromatic heterocycles. The summed E-state index contributed by atoms with van der Waals surface area (Å²) in [5.41, 5.74) is 0. The van der Waals surface area contributed by atoms with E-state index in [1.165, 1.54) is 0 Å². The Morgan fingerprint density at radius 3 is 2.52 bits per heavy atom. The largest absolute Gasteiger partial charge is 0.450 e. The molecule has 0 aliphatic carbocycles. The van der Waals surface area contributed by atoms with E-state index in [1.54, 1.807) is 24.0 Å². The predicted octanol–water partition coefficient (Wildman–Crippen LogP) is 2.40. The lowest BCUT2D eigenvalue weighted by molar-refractivity contribution is 0.126. The molecule has 0 unspecified atom stereocenters. The zero-order valence-electron chi connectivity index (χ0n) is 12.1. The highest BCUT2D eigenvalue weighted by atomic mass is 16.6. The molecule has 0 radical (unpaired) electrons. The molecule has 0 bridgehead atoms. The number of piperidine rings is 1. The molecule has 1 fully saturated rings. The van der Waals surface area contributed by atoms with Crippen molar-refractivity contribution in [3.8, 4) is 5.75 Å². The van der Waals surface area contributed by atoms with Crippen LogP contribution in [-0.2, 0) is 4.74 Å². The van der Waals surface area contributed by atoms with Crippen LogP contribution in [0.3, 0.4) is 0 Å². The summed E-state index contributed by atoms with van der Waals surface area (Å²) in [5.74, 6) is 0.536. The normalized spacial score (nSPS) is 15.4. The molecule has 2 amide bonds. The Balaban J connectivity index is 1.75.